The number of amides is 1. The molecule has 1 N–H and O–H groups in total. The smallest absolute Gasteiger partial charge is 0.427 e. The van der Waals surface area contributed by atoms with Crippen LogP contribution in [-0.2, 0) is 4.74 Å². The SMILES string of the molecule is C/C=N/NC(=O)OC. The predicted molar refractivity (Wildman–Crippen MR) is 29.7 cm³/mol. The molecule has 8 heavy (non-hydrogen) atoms. The Morgan fingerprint density at radius 3 is 2.88 bits per heavy atom. The fourth-order valence-corrected chi connectivity index (χ4v) is 0.163. The number of hydrazone groups is 1. The van der Waals surface area contributed by atoms with Crippen LogP contribution in [0.25, 0.3) is 0 Å². The summed E-state index contributed by atoms with van der Waals surface area (Å²) in [7, 11) is 1.28. The van der Waals surface area contributed by atoms with E-state index in [2.05, 4.69) is 15.3 Å². The molecule has 0 aromatic rings. The molecule has 0 saturated carbocycles. The Balaban J connectivity index is 3.25. The van der Waals surface area contributed by atoms with Crippen LogP contribution in [0.4, 0.5) is 4.79 Å². The second-order valence-corrected chi connectivity index (χ2v) is 0.991. The Morgan fingerprint density at radius 2 is 2.50 bits per heavy atom. The van der Waals surface area contributed by atoms with Gasteiger partial charge in [-0.25, -0.2) is 10.2 Å². The Hall–Kier alpha value is -1.06. The zero-order valence-corrected chi connectivity index (χ0v) is 4.84. The molecule has 4 heteroatoms. The van der Waals surface area contributed by atoms with Crippen LogP contribution in [0, 0.1) is 0 Å². The maximum atomic E-state index is 10.1. The molecule has 0 unspecified atom stereocenters. The lowest BCUT2D eigenvalue weighted by molar-refractivity contribution is 0.171. The van der Waals surface area contributed by atoms with Crippen LogP contribution in [-0.4, -0.2) is 19.4 Å². The quantitative estimate of drug-likeness (QED) is 0.397. The van der Waals surface area contributed by atoms with Gasteiger partial charge in [0.1, 0.15) is 0 Å². The van der Waals surface area contributed by atoms with Gasteiger partial charge in [-0.2, -0.15) is 5.10 Å². The number of rotatable bonds is 1. The largest absolute Gasteiger partial charge is 0.452 e. The molecule has 0 saturated heterocycles. The van der Waals surface area contributed by atoms with Crippen LogP contribution in [0.1, 0.15) is 6.92 Å². The van der Waals surface area contributed by atoms with Crippen molar-refractivity contribution in [2.75, 3.05) is 7.11 Å². The Kier molecular flexibility index (Phi) is 3.56. The number of nitrogens with one attached hydrogen (secondary N) is 1. The monoisotopic (exact) mass is 116 g/mol. The van der Waals surface area contributed by atoms with E-state index in [0.717, 1.165) is 0 Å². The lowest BCUT2D eigenvalue weighted by atomic mass is 10.9. The minimum Gasteiger partial charge on any atom is -0.452 e. The van der Waals surface area contributed by atoms with Crippen molar-refractivity contribution in [3.05, 3.63) is 0 Å². The molecule has 1 amide bonds. The maximum absolute atomic E-state index is 10.1. The highest BCUT2D eigenvalue weighted by atomic mass is 16.5. The predicted octanol–water partition coefficient (Wildman–Crippen LogP) is 0.348. The lowest BCUT2D eigenvalue weighted by Gasteiger charge is -1.92. The average Bonchev–Trinajstić information content (AvgIpc) is 1.83. The Morgan fingerprint density at radius 1 is 1.88 bits per heavy atom. The summed E-state index contributed by atoms with van der Waals surface area (Å²) in [5.41, 5.74) is 2.09. The fourth-order valence-electron chi connectivity index (χ4n) is 0.163. The first-order chi connectivity index (χ1) is 3.81. The van der Waals surface area contributed by atoms with Crippen molar-refractivity contribution in [2.24, 2.45) is 5.10 Å². The molecule has 46 valence electrons. The summed E-state index contributed by atoms with van der Waals surface area (Å²) >= 11 is 0. The van der Waals surface area contributed by atoms with Crippen LogP contribution in [0.3, 0.4) is 0 Å². The van der Waals surface area contributed by atoms with Crippen molar-refractivity contribution >= 4 is 12.3 Å². The van der Waals surface area contributed by atoms with Crippen LogP contribution in [0.15, 0.2) is 5.10 Å². The van der Waals surface area contributed by atoms with Gasteiger partial charge in [-0.1, -0.05) is 0 Å². The minimum atomic E-state index is -0.553. The summed E-state index contributed by atoms with van der Waals surface area (Å²) in [5, 5.41) is 3.39. The molecule has 0 aliphatic heterocycles. The van der Waals surface area contributed by atoms with Gasteiger partial charge in [0, 0.05) is 6.21 Å². The zero-order valence-electron chi connectivity index (χ0n) is 4.84. The van der Waals surface area contributed by atoms with Gasteiger partial charge in [-0.05, 0) is 6.92 Å². The second-order valence-electron chi connectivity index (χ2n) is 0.991. The standard InChI is InChI=1S/C4H8N2O2/c1-3-5-6-4(7)8-2/h3H,1-2H3,(H,6,7)/b5-3+. The molecule has 0 rings (SSSR count). The molecule has 0 aromatic carbocycles. The first kappa shape index (κ1) is 6.94. The van der Waals surface area contributed by atoms with Gasteiger partial charge in [0.05, 0.1) is 7.11 Å². The van der Waals surface area contributed by atoms with Gasteiger partial charge in [-0.3, -0.25) is 0 Å². The summed E-state index contributed by atoms with van der Waals surface area (Å²) < 4.78 is 4.19. The van der Waals surface area contributed by atoms with E-state index >= 15 is 0 Å². The molecule has 0 atom stereocenters. The average molecular weight is 116 g/mol. The van der Waals surface area contributed by atoms with Gasteiger partial charge in [0.2, 0.25) is 0 Å². The molecule has 0 radical (unpaired) electrons. The van der Waals surface area contributed by atoms with Crippen LogP contribution in [0.5, 0.6) is 0 Å². The molecule has 0 aliphatic carbocycles. The molecule has 0 aromatic heterocycles. The Labute approximate surface area is 47.5 Å². The summed E-state index contributed by atoms with van der Waals surface area (Å²) in [6, 6.07) is 0. The third kappa shape index (κ3) is 3.14. The number of nitrogens with zero attached hydrogens (tertiary/aromatic N) is 1. The highest BCUT2D eigenvalue weighted by Crippen LogP contribution is 1.67. The van der Waals surface area contributed by atoms with E-state index in [4.69, 9.17) is 0 Å². The van der Waals surface area contributed by atoms with Gasteiger partial charge >= 0.3 is 6.09 Å². The normalized spacial score (nSPS) is 9.25. The molecule has 0 aliphatic rings. The Bertz CT molecular complexity index is 100. The molecule has 0 spiro atoms. The van der Waals surface area contributed by atoms with Crippen molar-refractivity contribution in [3.63, 3.8) is 0 Å². The van der Waals surface area contributed by atoms with Crippen molar-refractivity contribution in [1.82, 2.24) is 5.43 Å². The molecular formula is C4H8N2O2. The van der Waals surface area contributed by atoms with Crippen molar-refractivity contribution < 1.29 is 9.53 Å². The maximum Gasteiger partial charge on any atom is 0.427 e. The van der Waals surface area contributed by atoms with Crippen LogP contribution >= 0.6 is 0 Å². The van der Waals surface area contributed by atoms with E-state index in [9.17, 15) is 4.79 Å². The van der Waals surface area contributed by atoms with E-state index in [1.165, 1.54) is 13.3 Å². The van der Waals surface area contributed by atoms with Crippen molar-refractivity contribution in [3.8, 4) is 0 Å². The number of hydrogen-bond acceptors (Lipinski definition) is 3. The van der Waals surface area contributed by atoms with Crippen molar-refractivity contribution in [2.45, 2.75) is 6.92 Å². The van der Waals surface area contributed by atoms with Gasteiger partial charge in [0.25, 0.3) is 0 Å². The number of ether oxygens (including phenoxy) is 1. The highest BCUT2D eigenvalue weighted by Gasteiger charge is 1.89. The van der Waals surface area contributed by atoms with E-state index in [-0.39, 0.29) is 0 Å². The molecule has 0 heterocycles. The van der Waals surface area contributed by atoms with E-state index in [0.29, 0.717) is 0 Å². The zero-order chi connectivity index (χ0) is 6.41. The lowest BCUT2D eigenvalue weighted by Crippen LogP contribution is -2.16. The second kappa shape index (κ2) is 4.11. The van der Waals surface area contributed by atoms with Crippen LogP contribution in [0.2, 0.25) is 0 Å². The summed E-state index contributed by atoms with van der Waals surface area (Å²) in [5.74, 6) is 0. The third-order valence-electron chi connectivity index (χ3n) is 0.470. The number of carbonyl (C=O) groups excluding carboxylic acids is 1. The summed E-state index contributed by atoms with van der Waals surface area (Å²) in [6.07, 6.45) is 0.903. The van der Waals surface area contributed by atoms with Gasteiger partial charge < -0.3 is 4.74 Å². The summed E-state index contributed by atoms with van der Waals surface area (Å²) in [6.45, 7) is 1.69. The highest BCUT2D eigenvalue weighted by molar-refractivity contribution is 5.68. The number of carbonyl (C=O) groups is 1. The molecular weight excluding hydrogens is 108 g/mol. The first-order valence-corrected chi connectivity index (χ1v) is 2.13. The first-order valence-electron chi connectivity index (χ1n) is 2.13. The molecule has 0 fully saturated rings. The van der Waals surface area contributed by atoms with E-state index in [1.807, 2.05) is 0 Å². The molecule has 0 bridgehead atoms. The van der Waals surface area contributed by atoms with Crippen molar-refractivity contribution in [1.29, 1.82) is 0 Å². The topological polar surface area (TPSA) is 50.7 Å². The fraction of sp³-hybridized carbons (Fsp3) is 0.500. The van der Waals surface area contributed by atoms with Gasteiger partial charge in [-0.15, -0.1) is 0 Å². The minimum absolute atomic E-state index is 0.553. The van der Waals surface area contributed by atoms with Gasteiger partial charge in [0.15, 0.2) is 0 Å². The third-order valence-corrected chi connectivity index (χ3v) is 0.470. The number of hydrogen-bond donors (Lipinski definition) is 1. The summed E-state index contributed by atoms with van der Waals surface area (Å²) in [4.78, 5) is 10.1. The van der Waals surface area contributed by atoms with Crippen LogP contribution < -0.4 is 5.43 Å². The molecule has 4 nitrogen and oxygen atoms in total. The van der Waals surface area contributed by atoms with E-state index < -0.39 is 6.09 Å². The number of methoxy groups -OCH3 is 1. The van der Waals surface area contributed by atoms with E-state index in [1.54, 1.807) is 6.92 Å².